The maximum absolute atomic E-state index is 12.1. The summed E-state index contributed by atoms with van der Waals surface area (Å²) in [7, 11) is 0. The lowest BCUT2D eigenvalue weighted by Crippen LogP contribution is -2.14. The van der Waals surface area contributed by atoms with Crippen molar-refractivity contribution in [2.75, 3.05) is 17.7 Å². The largest absolute Gasteiger partial charge is 0.478 e. The molecule has 2 aromatic rings. The number of aromatic nitrogens is 1. The number of hydrogen-bond acceptors (Lipinski definition) is 4. The highest BCUT2D eigenvalue weighted by Gasteiger charge is 2.10. The minimum Gasteiger partial charge on any atom is -0.478 e. The van der Waals surface area contributed by atoms with Crippen molar-refractivity contribution in [3.05, 3.63) is 47.1 Å². The van der Waals surface area contributed by atoms with Gasteiger partial charge in [0.15, 0.2) is 0 Å². The molecule has 0 bridgehead atoms. The Labute approximate surface area is 121 Å². The van der Waals surface area contributed by atoms with E-state index in [9.17, 15) is 4.79 Å². The van der Waals surface area contributed by atoms with Crippen molar-refractivity contribution in [3.63, 3.8) is 0 Å². The topological polar surface area (TPSA) is 77.2 Å². The minimum atomic E-state index is -0.315. The zero-order valence-electron chi connectivity index (χ0n) is 10.9. The van der Waals surface area contributed by atoms with Crippen LogP contribution in [0, 0.1) is 0 Å². The van der Waals surface area contributed by atoms with Gasteiger partial charge >= 0.3 is 0 Å². The number of anilines is 2. The Balaban J connectivity index is 2.11. The molecule has 1 amide bonds. The van der Waals surface area contributed by atoms with Gasteiger partial charge < -0.3 is 15.8 Å². The summed E-state index contributed by atoms with van der Waals surface area (Å²) in [6.07, 6.45) is 1.52. The van der Waals surface area contributed by atoms with E-state index >= 15 is 0 Å². The van der Waals surface area contributed by atoms with Crippen LogP contribution in [0.15, 0.2) is 36.5 Å². The van der Waals surface area contributed by atoms with Crippen molar-refractivity contribution in [3.8, 4) is 5.88 Å². The Hall–Kier alpha value is -2.27. The lowest BCUT2D eigenvalue weighted by molar-refractivity contribution is 0.102. The van der Waals surface area contributed by atoms with E-state index in [2.05, 4.69) is 10.3 Å². The number of amides is 1. The summed E-state index contributed by atoms with van der Waals surface area (Å²) in [5.74, 6) is 0.196. The summed E-state index contributed by atoms with van der Waals surface area (Å²) >= 11 is 5.79. The monoisotopic (exact) mass is 291 g/mol. The predicted octanol–water partition coefficient (Wildman–Crippen LogP) is 2.97. The molecule has 0 saturated carbocycles. The summed E-state index contributed by atoms with van der Waals surface area (Å²) < 4.78 is 5.22. The molecule has 0 aliphatic carbocycles. The van der Waals surface area contributed by atoms with Gasteiger partial charge in [0.2, 0.25) is 5.88 Å². The fourth-order valence-electron chi connectivity index (χ4n) is 1.63. The van der Waals surface area contributed by atoms with E-state index in [4.69, 9.17) is 22.1 Å². The van der Waals surface area contributed by atoms with Crippen molar-refractivity contribution in [1.29, 1.82) is 0 Å². The number of nitrogen functional groups attached to an aromatic ring is 1. The number of carbonyl (C=O) groups excluding carboxylic acids is 1. The first-order valence-corrected chi connectivity index (χ1v) is 6.43. The third kappa shape index (κ3) is 3.39. The van der Waals surface area contributed by atoms with Gasteiger partial charge in [-0.2, -0.15) is 0 Å². The van der Waals surface area contributed by atoms with Gasteiger partial charge in [-0.05, 0) is 31.2 Å². The van der Waals surface area contributed by atoms with Gasteiger partial charge in [0, 0.05) is 16.8 Å². The molecular weight excluding hydrogens is 278 g/mol. The van der Waals surface area contributed by atoms with E-state index in [0.717, 1.165) is 0 Å². The lowest BCUT2D eigenvalue weighted by Gasteiger charge is -2.08. The van der Waals surface area contributed by atoms with Gasteiger partial charge in [-0.15, -0.1) is 0 Å². The van der Waals surface area contributed by atoms with Crippen molar-refractivity contribution in [1.82, 2.24) is 4.98 Å². The number of nitrogens with one attached hydrogen (secondary N) is 1. The first kappa shape index (κ1) is 14.1. The molecule has 1 heterocycles. The van der Waals surface area contributed by atoms with Crippen LogP contribution in [0.4, 0.5) is 11.4 Å². The summed E-state index contributed by atoms with van der Waals surface area (Å²) in [6, 6.07) is 8.12. The van der Waals surface area contributed by atoms with Crippen molar-refractivity contribution in [2.24, 2.45) is 0 Å². The lowest BCUT2D eigenvalue weighted by atomic mass is 10.1. The summed E-state index contributed by atoms with van der Waals surface area (Å²) in [6.45, 7) is 2.42. The normalized spacial score (nSPS) is 10.1. The second-order valence-corrected chi connectivity index (χ2v) is 4.44. The Morgan fingerprint density at radius 2 is 2.20 bits per heavy atom. The number of rotatable bonds is 4. The van der Waals surface area contributed by atoms with Crippen LogP contribution in [-0.4, -0.2) is 17.5 Å². The zero-order chi connectivity index (χ0) is 14.5. The van der Waals surface area contributed by atoms with E-state index in [-0.39, 0.29) is 5.91 Å². The van der Waals surface area contributed by atoms with Gasteiger partial charge in [0.05, 0.1) is 24.1 Å². The van der Waals surface area contributed by atoms with E-state index in [0.29, 0.717) is 34.4 Å². The van der Waals surface area contributed by atoms with Crippen LogP contribution < -0.4 is 15.8 Å². The van der Waals surface area contributed by atoms with Gasteiger partial charge in [-0.3, -0.25) is 4.79 Å². The predicted molar refractivity (Wildman–Crippen MR) is 79.2 cm³/mol. The third-order valence-electron chi connectivity index (χ3n) is 2.54. The molecular formula is C14H14ClN3O2. The molecule has 2 rings (SSSR count). The average Bonchev–Trinajstić information content (AvgIpc) is 2.41. The molecule has 20 heavy (non-hydrogen) atoms. The molecule has 104 valence electrons. The SMILES string of the molecule is CCOc1ccc(NC(=O)c2ccc(Cl)cc2N)cn1. The molecule has 0 saturated heterocycles. The van der Waals surface area contributed by atoms with Crippen LogP contribution in [0.3, 0.4) is 0 Å². The number of ether oxygens (including phenoxy) is 1. The second kappa shape index (κ2) is 6.25. The van der Waals surface area contributed by atoms with Crippen LogP contribution >= 0.6 is 11.6 Å². The second-order valence-electron chi connectivity index (χ2n) is 4.00. The van der Waals surface area contributed by atoms with E-state index in [1.807, 2.05) is 6.92 Å². The molecule has 5 nitrogen and oxygen atoms in total. The van der Waals surface area contributed by atoms with Crippen molar-refractivity contribution >= 4 is 28.9 Å². The number of halogens is 1. The van der Waals surface area contributed by atoms with Crippen molar-refractivity contribution < 1.29 is 9.53 Å². The fourth-order valence-corrected chi connectivity index (χ4v) is 1.81. The molecule has 1 aromatic carbocycles. The Bertz CT molecular complexity index is 614. The zero-order valence-corrected chi connectivity index (χ0v) is 11.6. The highest BCUT2D eigenvalue weighted by atomic mass is 35.5. The number of benzene rings is 1. The first-order chi connectivity index (χ1) is 9.60. The Kier molecular flexibility index (Phi) is 4.42. The molecule has 6 heteroatoms. The smallest absolute Gasteiger partial charge is 0.257 e. The number of hydrogen-bond donors (Lipinski definition) is 2. The van der Waals surface area contributed by atoms with Crippen LogP contribution in [-0.2, 0) is 0 Å². The first-order valence-electron chi connectivity index (χ1n) is 6.05. The number of carbonyl (C=O) groups is 1. The van der Waals surface area contributed by atoms with Crippen LogP contribution in [0.5, 0.6) is 5.88 Å². The summed E-state index contributed by atoms with van der Waals surface area (Å²) in [5, 5.41) is 3.20. The summed E-state index contributed by atoms with van der Waals surface area (Å²) in [4.78, 5) is 16.1. The molecule has 0 fully saturated rings. The molecule has 0 radical (unpaired) electrons. The molecule has 3 N–H and O–H groups in total. The van der Waals surface area contributed by atoms with E-state index < -0.39 is 0 Å². The molecule has 0 unspecified atom stereocenters. The summed E-state index contributed by atoms with van der Waals surface area (Å²) in [5.41, 5.74) is 7.01. The van der Waals surface area contributed by atoms with Crippen molar-refractivity contribution in [2.45, 2.75) is 6.92 Å². The number of nitrogens with two attached hydrogens (primary N) is 1. The third-order valence-corrected chi connectivity index (χ3v) is 2.78. The molecule has 0 atom stereocenters. The molecule has 0 aliphatic rings. The van der Waals surface area contributed by atoms with Gasteiger partial charge in [-0.1, -0.05) is 11.6 Å². The fraction of sp³-hybridized carbons (Fsp3) is 0.143. The van der Waals surface area contributed by atoms with E-state index in [1.165, 1.54) is 12.3 Å². The Morgan fingerprint density at radius 1 is 1.40 bits per heavy atom. The number of pyridine rings is 1. The average molecular weight is 292 g/mol. The quantitative estimate of drug-likeness (QED) is 0.849. The van der Waals surface area contributed by atoms with E-state index in [1.54, 1.807) is 24.3 Å². The molecule has 0 aliphatic heterocycles. The van der Waals surface area contributed by atoms with Crippen LogP contribution in [0.2, 0.25) is 5.02 Å². The highest BCUT2D eigenvalue weighted by Crippen LogP contribution is 2.19. The van der Waals surface area contributed by atoms with Gasteiger partial charge in [0.1, 0.15) is 0 Å². The number of nitrogens with zero attached hydrogens (tertiary/aromatic N) is 1. The van der Waals surface area contributed by atoms with Gasteiger partial charge in [0.25, 0.3) is 5.91 Å². The van der Waals surface area contributed by atoms with Gasteiger partial charge in [-0.25, -0.2) is 4.98 Å². The molecule has 0 spiro atoms. The standard InChI is InChI=1S/C14H14ClN3O2/c1-2-20-13-6-4-10(8-17-13)18-14(19)11-5-3-9(15)7-12(11)16/h3-8H,2,16H2,1H3,(H,18,19). The maximum atomic E-state index is 12.1. The van der Waals surface area contributed by atoms with Crippen LogP contribution in [0.25, 0.3) is 0 Å². The van der Waals surface area contributed by atoms with Crippen LogP contribution in [0.1, 0.15) is 17.3 Å². The Morgan fingerprint density at radius 3 is 2.80 bits per heavy atom. The highest BCUT2D eigenvalue weighted by molar-refractivity contribution is 6.31. The molecule has 1 aromatic heterocycles. The minimum absolute atomic E-state index is 0.315. The maximum Gasteiger partial charge on any atom is 0.257 e.